The lowest BCUT2D eigenvalue weighted by atomic mass is 10.2. The van der Waals surface area contributed by atoms with Gasteiger partial charge in [0.25, 0.3) is 0 Å². The molecule has 2 rings (SSSR count). The highest BCUT2D eigenvalue weighted by Crippen LogP contribution is 2.16. The molecule has 0 bridgehead atoms. The number of carbonyl (C=O) groups excluding carboxylic acids is 1. The van der Waals surface area contributed by atoms with E-state index in [4.69, 9.17) is 4.74 Å². The normalized spacial score (nSPS) is 21.4. The van der Waals surface area contributed by atoms with Crippen LogP contribution in [0.3, 0.4) is 0 Å². The Kier molecular flexibility index (Phi) is 2.97. The van der Waals surface area contributed by atoms with E-state index in [1.807, 2.05) is 6.07 Å². The topological polar surface area (TPSA) is 42.4 Å². The van der Waals surface area contributed by atoms with Gasteiger partial charge in [0.15, 0.2) is 6.29 Å². The van der Waals surface area contributed by atoms with Gasteiger partial charge in [0.1, 0.15) is 5.82 Å². The molecule has 1 saturated heterocycles. The zero-order chi connectivity index (χ0) is 10.7. The highest BCUT2D eigenvalue weighted by molar-refractivity contribution is 5.74. The number of pyridine rings is 1. The molecule has 15 heavy (non-hydrogen) atoms. The van der Waals surface area contributed by atoms with Gasteiger partial charge in [0.2, 0.25) is 0 Å². The summed E-state index contributed by atoms with van der Waals surface area (Å²) >= 11 is 0. The molecule has 0 saturated carbocycles. The van der Waals surface area contributed by atoms with Gasteiger partial charge in [-0.1, -0.05) is 0 Å². The van der Waals surface area contributed by atoms with Gasteiger partial charge in [0.05, 0.1) is 19.3 Å². The van der Waals surface area contributed by atoms with Crippen LogP contribution in [0.2, 0.25) is 0 Å². The molecule has 0 aromatic carbocycles. The van der Waals surface area contributed by atoms with Crippen molar-refractivity contribution in [2.45, 2.75) is 13.0 Å². The molecule has 0 radical (unpaired) electrons. The Hall–Kier alpha value is -1.42. The molecule has 1 aliphatic heterocycles. The third kappa shape index (κ3) is 2.15. The summed E-state index contributed by atoms with van der Waals surface area (Å²) in [5, 5.41) is 0. The lowest BCUT2D eigenvalue weighted by molar-refractivity contribution is 0.0985. The molecule has 4 heteroatoms. The van der Waals surface area contributed by atoms with Crippen LogP contribution in [-0.4, -0.2) is 37.1 Å². The van der Waals surface area contributed by atoms with Crippen LogP contribution in [0.25, 0.3) is 0 Å². The third-order valence-corrected chi connectivity index (χ3v) is 2.57. The maximum Gasteiger partial charge on any atom is 0.151 e. The number of aldehydes is 1. The third-order valence-electron chi connectivity index (χ3n) is 2.57. The van der Waals surface area contributed by atoms with E-state index in [2.05, 4.69) is 16.8 Å². The minimum Gasteiger partial charge on any atom is -0.377 e. The van der Waals surface area contributed by atoms with Gasteiger partial charge in [-0.3, -0.25) is 4.79 Å². The molecule has 0 aliphatic carbocycles. The largest absolute Gasteiger partial charge is 0.377 e. The molecule has 0 N–H and O–H groups in total. The molecule has 0 spiro atoms. The number of nitrogens with zero attached hydrogens (tertiary/aromatic N) is 2. The van der Waals surface area contributed by atoms with E-state index in [1.54, 1.807) is 12.3 Å². The van der Waals surface area contributed by atoms with Crippen LogP contribution < -0.4 is 4.90 Å². The first-order valence-electron chi connectivity index (χ1n) is 5.07. The maximum atomic E-state index is 10.5. The number of aromatic nitrogens is 1. The zero-order valence-corrected chi connectivity index (χ0v) is 8.72. The van der Waals surface area contributed by atoms with Crippen LogP contribution >= 0.6 is 0 Å². The van der Waals surface area contributed by atoms with Crippen LogP contribution in [0.1, 0.15) is 17.3 Å². The summed E-state index contributed by atoms with van der Waals surface area (Å²) < 4.78 is 5.35. The first-order valence-corrected chi connectivity index (χ1v) is 5.07. The van der Waals surface area contributed by atoms with Crippen molar-refractivity contribution in [3.63, 3.8) is 0 Å². The highest BCUT2D eigenvalue weighted by Gasteiger charge is 2.19. The Morgan fingerprint density at radius 3 is 3.07 bits per heavy atom. The fraction of sp³-hybridized carbons (Fsp3) is 0.455. The molecule has 2 heterocycles. The van der Waals surface area contributed by atoms with E-state index in [9.17, 15) is 4.79 Å². The van der Waals surface area contributed by atoms with E-state index < -0.39 is 0 Å². The fourth-order valence-electron chi connectivity index (χ4n) is 1.70. The van der Waals surface area contributed by atoms with Crippen molar-refractivity contribution in [2.75, 3.05) is 24.7 Å². The van der Waals surface area contributed by atoms with E-state index in [-0.39, 0.29) is 0 Å². The van der Waals surface area contributed by atoms with Gasteiger partial charge in [-0.25, -0.2) is 4.98 Å². The average Bonchev–Trinajstić information content (AvgIpc) is 2.30. The lowest BCUT2D eigenvalue weighted by Crippen LogP contribution is -2.44. The Morgan fingerprint density at radius 2 is 2.47 bits per heavy atom. The first-order chi connectivity index (χ1) is 7.31. The minimum atomic E-state index is 0.341. The molecule has 1 fully saturated rings. The number of rotatable bonds is 2. The second-order valence-electron chi connectivity index (χ2n) is 3.68. The van der Waals surface area contributed by atoms with Crippen LogP contribution in [0.15, 0.2) is 18.3 Å². The molecule has 80 valence electrons. The molecule has 4 nitrogen and oxygen atoms in total. The SMILES string of the molecule is C[C@H]1COCCN1c1ccc(C=O)cn1. The predicted octanol–water partition coefficient (Wildman–Crippen LogP) is 1.12. The molecule has 1 aromatic rings. The highest BCUT2D eigenvalue weighted by atomic mass is 16.5. The van der Waals surface area contributed by atoms with Crippen LogP contribution in [0.5, 0.6) is 0 Å². The summed E-state index contributed by atoms with van der Waals surface area (Å²) in [7, 11) is 0. The molecular weight excluding hydrogens is 192 g/mol. The quantitative estimate of drug-likeness (QED) is 0.680. The van der Waals surface area contributed by atoms with Crippen molar-refractivity contribution < 1.29 is 9.53 Å². The summed E-state index contributed by atoms with van der Waals surface area (Å²) in [5.41, 5.74) is 0.611. The summed E-state index contributed by atoms with van der Waals surface area (Å²) in [5.74, 6) is 0.913. The Balaban J connectivity index is 2.16. The summed E-state index contributed by atoms with van der Waals surface area (Å²) in [6.07, 6.45) is 2.41. The first kappa shape index (κ1) is 10.1. The zero-order valence-electron chi connectivity index (χ0n) is 8.72. The van der Waals surface area contributed by atoms with Crippen molar-refractivity contribution in [1.29, 1.82) is 0 Å². The van der Waals surface area contributed by atoms with Crippen LogP contribution in [0, 0.1) is 0 Å². The molecule has 1 atom stereocenters. The fourth-order valence-corrected chi connectivity index (χ4v) is 1.70. The molecule has 0 unspecified atom stereocenters. The average molecular weight is 206 g/mol. The van der Waals surface area contributed by atoms with Crippen molar-refractivity contribution in [1.82, 2.24) is 4.98 Å². The molecule has 0 amide bonds. The van der Waals surface area contributed by atoms with E-state index in [1.165, 1.54) is 0 Å². The summed E-state index contributed by atoms with van der Waals surface area (Å²) in [4.78, 5) is 16.9. The van der Waals surface area contributed by atoms with Gasteiger partial charge in [-0.05, 0) is 19.1 Å². The van der Waals surface area contributed by atoms with E-state index in [0.29, 0.717) is 11.6 Å². The van der Waals surface area contributed by atoms with Crippen molar-refractivity contribution in [3.8, 4) is 0 Å². The number of anilines is 1. The van der Waals surface area contributed by atoms with Crippen LogP contribution in [-0.2, 0) is 4.74 Å². The van der Waals surface area contributed by atoms with Crippen molar-refractivity contribution in [2.24, 2.45) is 0 Å². The van der Waals surface area contributed by atoms with Crippen molar-refractivity contribution >= 4 is 12.1 Å². The van der Waals surface area contributed by atoms with Gasteiger partial charge in [0, 0.05) is 18.3 Å². The molecule has 1 aliphatic rings. The number of morpholine rings is 1. The lowest BCUT2D eigenvalue weighted by Gasteiger charge is -2.34. The smallest absolute Gasteiger partial charge is 0.151 e. The summed E-state index contributed by atoms with van der Waals surface area (Å²) in [6.45, 7) is 4.43. The maximum absolute atomic E-state index is 10.5. The minimum absolute atomic E-state index is 0.341. The number of hydrogen-bond acceptors (Lipinski definition) is 4. The van der Waals surface area contributed by atoms with Gasteiger partial charge < -0.3 is 9.64 Å². The number of ether oxygens (including phenoxy) is 1. The second kappa shape index (κ2) is 4.40. The Morgan fingerprint density at radius 1 is 1.60 bits per heavy atom. The standard InChI is InChI=1S/C11H14N2O2/c1-9-8-15-5-4-13(9)11-3-2-10(7-14)6-12-11/h2-3,6-7,9H,4-5,8H2,1H3/t9-/m0/s1. The van der Waals surface area contributed by atoms with Gasteiger partial charge in [-0.2, -0.15) is 0 Å². The van der Waals surface area contributed by atoms with Crippen LogP contribution in [0.4, 0.5) is 5.82 Å². The van der Waals surface area contributed by atoms with E-state index in [0.717, 1.165) is 31.9 Å². The van der Waals surface area contributed by atoms with Crippen molar-refractivity contribution in [3.05, 3.63) is 23.9 Å². The monoisotopic (exact) mass is 206 g/mol. The second-order valence-corrected chi connectivity index (χ2v) is 3.68. The van der Waals surface area contributed by atoms with Gasteiger partial charge >= 0.3 is 0 Å². The molecule has 1 aromatic heterocycles. The molecular formula is C11H14N2O2. The number of hydrogen-bond donors (Lipinski definition) is 0. The predicted molar refractivity (Wildman–Crippen MR) is 57.3 cm³/mol. The van der Waals surface area contributed by atoms with Gasteiger partial charge in [-0.15, -0.1) is 0 Å². The summed E-state index contributed by atoms with van der Waals surface area (Å²) in [6, 6.07) is 4.01. The Labute approximate surface area is 88.9 Å². The van der Waals surface area contributed by atoms with E-state index >= 15 is 0 Å². The number of carbonyl (C=O) groups is 1. The Bertz CT molecular complexity index is 337.